The van der Waals surface area contributed by atoms with Gasteiger partial charge in [0.15, 0.2) is 11.6 Å². The number of hydrogen-bond donors (Lipinski definition) is 1. The fourth-order valence-corrected chi connectivity index (χ4v) is 2.64. The fourth-order valence-electron chi connectivity index (χ4n) is 2.51. The van der Waals surface area contributed by atoms with Crippen LogP contribution in [0.5, 0.6) is 5.75 Å². The van der Waals surface area contributed by atoms with Crippen molar-refractivity contribution in [3.05, 3.63) is 77.2 Å². The minimum absolute atomic E-state index is 0.148. The van der Waals surface area contributed by atoms with Gasteiger partial charge in [-0.3, -0.25) is 4.79 Å². The third kappa shape index (κ3) is 5.56. The number of nitrogens with one attached hydrogen (secondary N) is 1. The van der Waals surface area contributed by atoms with Crippen LogP contribution in [0.4, 0.5) is 10.2 Å². The van der Waals surface area contributed by atoms with Crippen LogP contribution in [-0.2, 0) is 11.3 Å². The lowest BCUT2D eigenvalue weighted by atomic mass is 10.2. The molecule has 0 aliphatic rings. The van der Waals surface area contributed by atoms with Crippen LogP contribution >= 0.6 is 11.6 Å². The number of ether oxygens (including phenoxy) is 1. The van der Waals surface area contributed by atoms with Crippen LogP contribution in [0.25, 0.3) is 0 Å². The van der Waals surface area contributed by atoms with Gasteiger partial charge in [0.05, 0.1) is 19.3 Å². The molecule has 5 nitrogen and oxygen atoms in total. The molecule has 3 aromatic rings. The summed E-state index contributed by atoms with van der Waals surface area (Å²) in [4.78, 5) is 12.1. The molecule has 1 heterocycles. The molecule has 140 valence electrons. The second kappa shape index (κ2) is 9.19. The Kier molecular flexibility index (Phi) is 6.44. The van der Waals surface area contributed by atoms with Gasteiger partial charge in [-0.15, -0.1) is 0 Å². The summed E-state index contributed by atoms with van der Waals surface area (Å²) in [6.45, 7) is 0.786. The lowest BCUT2D eigenvalue weighted by molar-refractivity contribution is -0.116. The first-order valence-corrected chi connectivity index (χ1v) is 8.93. The fraction of sp³-hybridized carbons (Fsp3) is 0.200. The zero-order valence-electron chi connectivity index (χ0n) is 14.6. The third-order valence-corrected chi connectivity index (χ3v) is 4.12. The smallest absolute Gasteiger partial charge is 0.225 e. The highest BCUT2D eigenvalue weighted by molar-refractivity contribution is 6.30. The van der Waals surface area contributed by atoms with Gasteiger partial charge >= 0.3 is 0 Å². The molecule has 0 atom stereocenters. The average Bonchev–Trinajstić information content (AvgIpc) is 3.08. The zero-order valence-corrected chi connectivity index (χ0v) is 15.3. The van der Waals surface area contributed by atoms with Crippen LogP contribution in [0.2, 0.25) is 5.02 Å². The minimum atomic E-state index is -0.409. The molecule has 0 spiro atoms. The van der Waals surface area contributed by atoms with Gasteiger partial charge in [0.25, 0.3) is 0 Å². The number of anilines is 1. The van der Waals surface area contributed by atoms with Crippen molar-refractivity contribution in [3.8, 4) is 5.75 Å². The number of halogens is 2. The summed E-state index contributed by atoms with van der Waals surface area (Å²) in [7, 11) is 0. The second-order valence-corrected chi connectivity index (χ2v) is 6.37. The van der Waals surface area contributed by atoms with Crippen molar-refractivity contribution in [2.45, 2.75) is 19.4 Å². The first-order chi connectivity index (χ1) is 13.1. The number of hydrogen-bond acceptors (Lipinski definition) is 3. The molecular weight excluding hydrogens is 369 g/mol. The largest absolute Gasteiger partial charge is 0.491 e. The predicted molar refractivity (Wildman–Crippen MR) is 103 cm³/mol. The van der Waals surface area contributed by atoms with Gasteiger partial charge in [-0.05, 0) is 36.2 Å². The van der Waals surface area contributed by atoms with E-state index in [0.717, 1.165) is 5.56 Å². The molecule has 1 aromatic heterocycles. The summed E-state index contributed by atoms with van der Waals surface area (Å²) >= 11 is 5.89. The Hall–Kier alpha value is -2.86. The Balaban J connectivity index is 1.46. The number of aromatic nitrogens is 2. The molecule has 0 fully saturated rings. The van der Waals surface area contributed by atoms with Crippen LogP contribution in [-0.4, -0.2) is 22.3 Å². The van der Waals surface area contributed by atoms with Gasteiger partial charge in [0.2, 0.25) is 5.91 Å². The average molecular weight is 388 g/mol. The van der Waals surface area contributed by atoms with Crippen LogP contribution < -0.4 is 10.1 Å². The van der Waals surface area contributed by atoms with Crippen molar-refractivity contribution in [3.63, 3.8) is 0 Å². The molecule has 0 aliphatic carbocycles. The quantitative estimate of drug-likeness (QED) is 0.578. The maximum atomic E-state index is 13.5. The highest BCUT2D eigenvalue weighted by Gasteiger charge is 2.08. The molecular formula is C20H19ClFN3O2. The molecule has 0 bridgehead atoms. The van der Waals surface area contributed by atoms with Crippen LogP contribution in [0, 0.1) is 5.82 Å². The van der Waals surface area contributed by atoms with Gasteiger partial charge in [0.1, 0.15) is 5.82 Å². The van der Waals surface area contributed by atoms with Crippen molar-refractivity contribution in [2.75, 3.05) is 11.9 Å². The lowest BCUT2D eigenvalue weighted by Crippen LogP contribution is -2.16. The maximum Gasteiger partial charge on any atom is 0.225 e. The van der Waals surface area contributed by atoms with Crippen LogP contribution in [0.3, 0.4) is 0 Å². The number of carbonyl (C=O) groups excluding carboxylic acids is 1. The predicted octanol–water partition coefficient (Wildman–Crippen LogP) is 4.52. The van der Waals surface area contributed by atoms with Crippen molar-refractivity contribution in [2.24, 2.45) is 0 Å². The molecule has 1 amide bonds. The Labute approximate surface area is 161 Å². The molecule has 0 aliphatic heterocycles. The molecule has 7 heteroatoms. The zero-order chi connectivity index (χ0) is 19.1. The SMILES string of the molecule is O=C(CCCOc1ccccc1F)Nc1ccnn1Cc1ccc(Cl)cc1. The van der Waals surface area contributed by atoms with Gasteiger partial charge < -0.3 is 10.1 Å². The number of amides is 1. The molecule has 1 N–H and O–H groups in total. The second-order valence-electron chi connectivity index (χ2n) is 5.93. The molecule has 0 saturated heterocycles. The van der Waals surface area contributed by atoms with E-state index < -0.39 is 5.82 Å². The monoisotopic (exact) mass is 387 g/mol. The van der Waals surface area contributed by atoms with E-state index in [-0.39, 0.29) is 24.7 Å². The Morgan fingerprint density at radius 2 is 1.93 bits per heavy atom. The Morgan fingerprint density at radius 3 is 2.70 bits per heavy atom. The van der Waals surface area contributed by atoms with E-state index in [9.17, 15) is 9.18 Å². The van der Waals surface area contributed by atoms with Gasteiger partial charge in [0, 0.05) is 17.5 Å². The number of benzene rings is 2. The Morgan fingerprint density at radius 1 is 1.15 bits per heavy atom. The lowest BCUT2D eigenvalue weighted by Gasteiger charge is -2.10. The number of carbonyl (C=O) groups is 1. The van der Waals surface area contributed by atoms with Crippen molar-refractivity contribution in [1.82, 2.24) is 9.78 Å². The number of para-hydroxylation sites is 1. The number of rotatable bonds is 8. The molecule has 0 unspecified atom stereocenters. The van der Waals surface area contributed by atoms with Crippen molar-refractivity contribution >= 4 is 23.3 Å². The first-order valence-electron chi connectivity index (χ1n) is 8.55. The number of nitrogens with zero attached hydrogens (tertiary/aromatic N) is 2. The summed E-state index contributed by atoms with van der Waals surface area (Å²) in [6.07, 6.45) is 2.37. The topological polar surface area (TPSA) is 56.1 Å². The third-order valence-electron chi connectivity index (χ3n) is 3.87. The van der Waals surface area contributed by atoms with Crippen molar-refractivity contribution in [1.29, 1.82) is 0 Å². The van der Waals surface area contributed by atoms with E-state index >= 15 is 0 Å². The van der Waals surface area contributed by atoms with Gasteiger partial charge in [-0.25, -0.2) is 9.07 Å². The molecule has 0 saturated carbocycles. The summed E-state index contributed by atoms with van der Waals surface area (Å²) < 4.78 is 20.5. The van der Waals surface area contributed by atoms with Crippen LogP contribution in [0.15, 0.2) is 60.8 Å². The van der Waals surface area contributed by atoms with Gasteiger partial charge in [-0.1, -0.05) is 35.9 Å². The molecule has 2 aromatic carbocycles. The maximum absolute atomic E-state index is 13.5. The minimum Gasteiger partial charge on any atom is -0.491 e. The van der Waals surface area contributed by atoms with E-state index in [1.165, 1.54) is 6.07 Å². The molecule has 0 radical (unpaired) electrons. The Bertz CT molecular complexity index is 896. The van der Waals surface area contributed by atoms with E-state index in [1.54, 1.807) is 35.1 Å². The first kappa shape index (κ1) is 18.9. The highest BCUT2D eigenvalue weighted by atomic mass is 35.5. The summed E-state index contributed by atoms with van der Waals surface area (Å²) in [6, 6.07) is 15.4. The normalized spacial score (nSPS) is 10.6. The molecule has 3 rings (SSSR count). The van der Waals surface area contributed by atoms with E-state index in [2.05, 4.69) is 10.4 Å². The van der Waals surface area contributed by atoms with Crippen LogP contribution in [0.1, 0.15) is 18.4 Å². The van der Waals surface area contributed by atoms with Gasteiger partial charge in [-0.2, -0.15) is 5.10 Å². The summed E-state index contributed by atoms with van der Waals surface area (Å²) in [5.41, 5.74) is 1.02. The summed E-state index contributed by atoms with van der Waals surface area (Å²) in [5.74, 6) is 0.252. The standard InChI is InChI=1S/C20H19ClFN3O2/c21-16-9-7-15(8-10-16)14-25-19(11-12-23-25)24-20(26)6-3-13-27-18-5-2-1-4-17(18)22/h1-2,4-5,7-12H,3,6,13-14H2,(H,24,26). The molecule has 27 heavy (non-hydrogen) atoms. The van der Waals surface area contributed by atoms with E-state index in [1.807, 2.05) is 24.3 Å². The van der Waals surface area contributed by atoms with E-state index in [4.69, 9.17) is 16.3 Å². The highest BCUT2D eigenvalue weighted by Crippen LogP contribution is 2.16. The van der Waals surface area contributed by atoms with E-state index in [0.29, 0.717) is 23.8 Å². The summed E-state index contributed by atoms with van der Waals surface area (Å²) in [5, 5.41) is 7.75. The van der Waals surface area contributed by atoms with Crippen molar-refractivity contribution < 1.29 is 13.9 Å².